The second-order valence-corrected chi connectivity index (χ2v) is 11.3. The minimum atomic E-state index is -2.23. The SMILES string of the molecule is CCCCOC(=O)CC(O)C(=O)O[Si](CCCC)(CCCC)CCCC. The Labute approximate surface area is 161 Å². The highest BCUT2D eigenvalue weighted by Gasteiger charge is 2.38. The minimum Gasteiger partial charge on any atom is -0.517 e. The average Bonchev–Trinajstić information content (AvgIpc) is 2.62. The van der Waals surface area contributed by atoms with Crippen LogP contribution in [0.15, 0.2) is 0 Å². The Morgan fingerprint density at radius 2 is 1.31 bits per heavy atom. The Morgan fingerprint density at radius 1 is 0.846 bits per heavy atom. The van der Waals surface area contributed by atoms with Crippen LogP contribution in [0.4, 0.5) is 0 Å². The van der Waals surface area contributed by atoms with Crippen LogP contribution in [0.1, 0.15) is 85.5 Å². The molecule has 0 aliphatic heterocycles. The van der Waals surface area contributed by atoms with E-state index < -0.39 is 26.4 Å². The lowest BCUT2D eigenvalue weighted by atomic mass is 10.2. The first-order chi connectivity index (χ1) is 12.4. The lowest BCUT2D eigenvalue weighted by Gasteiger charge is -2.32. The Bertz CT molecular complexity index is 365. The second kappa shape index (κ2) is 15.2. The molecular weight excluding hydrogens is 348 g/mol. The van der Waals surface area contributed by atoms with Gasteiger partial charge < -0.3 is 14.3 Å². The monoisotopic (exact) mass is 388 g/mol. The van der Waals surface area contributed by atoms with E-state index >= 15 is 0 Å². The topological polar surface area (TPSA) is 72.8 Å². The summed E-state index contributed by atoms with van der Waals surface area (Å²) in [5.74, 6) is -1.17. The van der Waals surface area contributed by atoms with Gasteiger partial charge in [0.25, 0.3) is 8.32 Å². The van der Waals surface area contributed by atoms with E-state index in [-0.39, 0.29) is 6.42 Å². The van der Waals surface area contributed by atoms with Gasteiger partial charge in [-0.2, -0.15) is 0 Å². The van der Waals surface area contributed by atoms with Gasteiger partial charge in [-0.05, 0) is 24.6 Å². The first-order valence-corrected chi connectivity index (χ1v) is 13.0. The third-order valence-electron chi connectivity index (χ3n) is 4.67. The van der Waals surface area contributed by atoms with E-state index in [2.05, 4.69) is 20.8 Å². The highest BCUT2D eigenvalue weighted by molar-refractivity contribution is 6.75. The van der Waals surface area contributed by atoms with Gasteiger partial charge in [-0.15, -0.1) is 0 Å². The van der Waals surface area contributed by atoms with Gasteiger partial charge in [-0.25, -0.2) is 0 Å². The molecule has 1 atom stereocenters. The van der Waals surface area contributed by atoms with Crippen molar-refractivity contribution in [1.82, 2.24) is 0 Å². The molecule has 0 rings (SSSR count). The van der Waals surface area contributed by atoms with Crippen molar-refractivity contribution < 1.29 is 23.9 Å². The highest BCUT2D eigenvalue weighted by Crippen LogP contribution is 2.30. The maximum Gasteiger partial charge on any atom is 0.322 e. The number of hydrogen-bond donors (Lipinski definition) is 1. The van der Waals surface area contributed by atoms with Crippen LogP contribution in [0.25, 0.3) is 0 Å². The predicted octanol–water partition coefficient (Wildman–Crippen LogP) is 4.97. The fraction of sp³-hybridized carbons (Fsp3) is 0.900. The van der Waals surface area contributed by atoms with Crippen molar-refractivity contribution in [2.45, 2.75) is 110 Å². The van der Waals surface area contributed by atoms with Gasteiger partial charge in [0.15, 0.2) is 6.10 Å². The number of ether oxygens (including phenoxy) is 1. The van der Waals surface area contributed by atoms with Gasteiger partial charge in [-0.1, -0.05) is 72.6 Å². The summed E-state index contributed by atoms with van der Waals surface area (Å²) in [4.78, 5) is 24.2. The maximum atomic E-state index is 12.5. The Kier molecular flexibility index (Phi) is 14.7. The van der Waals surface area contributed by atoms with Gasteiger partial charge in [0, 0.05) is 0 Å². The van der Waals surface area contributed by atoms with Gasteiger partial charge in [0.05, 0.1) is 13.0 Å². The first-order valence-electron chi connectivity index (χ1n) is 10.5. The van der Waals surface area contributed by atoms with E-state index in [0.717, 1.165) is 69.5 Å². The van der Waals surface area contributed by atoms with Crippen LogP contribution >= 0.6 is 0 Å². The average molecular weight is 389 g/mol. The van der Waals surface area contributed by atoms with Crippen molar-refractivity contribution in [2.24, 2.45) is 0 Å². The van der Waals surface area contributed by atoms with Crippen LogP contribution in [0.3, 0.4) is 0 Å². The lowest BCUT2D eigenvalue weighted by molar-refractivity contribution is -0.154. The summed E-state index contributed by atoms with van der Waals surface area (Å²) in [7, 11) is -2.23. The predicted molar refractivity (Wildman–Crippen MR) is 107 cm³/mol. The zero-order chi connectivity index (χ0) is 19.8. The number of hydrogen-bond acceptors (Lipinski definition) is 5. The fourth-order valence-electron chi connectivity index (χ4n) is 2.94. The van der Waals surface area contributed by atoms with Gasteiger partial charge >= 0.3 is 11.9 Å². The van der Waals surface area contributed by atoms with Crippen LogP contribution in [-0.4, -0.2) is 38.1 Å². The summed E-state index contributed by atoms with van der Waals surface area (Å²) < 4.78 is 11.0. The Balaban J connectivity index is 4.85. The second-order valence-electron chi connectivity index (χ2n) is 7.21. The third-order valence-corrected chi connectivity index (χ3v) is 9.10. The summed E-state index contributed by atoms with van der Waals surface area (Å²) in [5.41, 5.74) is 0. The van der Waals surface area contributed by atoms with E-state index in [0.29, 0.717) is 6.61 Å². The molecule has 0 aliphatic rings. The van der Waals surface area contributed by atoms with Gasteiger partial charge in [0.2, 0.25) is 0 Å². The van der Waals surface area contributed by atoms with Gasteiger partial charge in [-0.3, -0.25) is 9.59 Å². The van der Waals surface area contributed by atoms with E-state index in [4.69, 9.17) is 9.16 Å². The number of carbonyl (C=O) groups excluding carboxylic acids is 2. The number of esters is 1. The summed E-state index contributed by atoms with van der Waals surface area (Å²) in [6.45, 7) is 8.76. The van der Waals surface area contributed by atoms with Crippen LogP contribution in [-0.2, 0) is 18.8 Å². The number of unbranched alkanes of at least 4 members (excludes halogenated alkanes) is 4. The summed E-state index contributed by atoms with van der Waals surface area (Å²) in [6.07, 6.45) is 6.31. The smallest absolute Gasteiger partial charge is 0.322 e. The molecule has 0 aliphatic carbocycles. The molecule has 0 amide bonds. The number of rotatable bonds is 16. The van der Waals surface area contributed by atoms with Crippen molar-refractivity contribution in [2.75, 3.05) is 6.61 Å². The molecule has 0 saturated heterocycles. The molecule has 0 radical (unpaired) electrons. The van der Waals surface area contributed by atoms with Crippen molar-refractivity contribution in [3.8, 4) is 0 Å². The van der Waals surface area contributed by atoms with Crippen molar-refractivity contribution in [3.63, 3.8) is 0 Å². The Morgan fingerprint density at radius 3 is 1.73 bits per heavy atom. The summed E-state index contributed by atoms with van der Waals surface area (Å²) >= 11 is 0. The molecule has 26 heavy (non-hydrogen) atoms. The molecule has 0 heterocycles. The molecule has 6 heteroatoms. The van der Waals surface area contributed by atoms with Crippen molar-refractivity contribution >= 4 is 20.3 Å². The molecule has 0 fully saturated rings. The molecule has 0 bridgehead atoms. The number of aliphatic hydroxyl groups excluding tert-OH is 1. The van der Waals surface area contributed by atoms with Gasteiger partial charge in [0.1, 0.15) is 0 Å². The summed E-state index contributed by atoms with van der Waals surface area (Å²) in [6, 6.07) is 2.84. The van der Waals surface area contributed by atoms with E-state index in [1.54, 1.807) is 0 Å². The van der Waals surface area contributed by atoms with E-state index in [1.165, 1.54) is 0 Å². The fourth-order valence-corrected chi connectivity index (χ4v) is 7.55. The highest BCUT2D eigenvalue weighted by atomic mass is 28.4. The molecule has 0 aromatic rings. The minimum absolute atomic E-state index is 0.317. The summed E-state index contributed by atoms with van der Waals surface area (Å²) in [5, 5.41) is 10.1. The number of carbonyl (C=O) groups is 2. The molecule has 154 valence electrons. The van der Waals surface area contributed by atoms with Crippen LogP contribution in [0.2, 0.25) is 18.1 Å². The number of aliphatic hydroxyl groups is 1. The normalized spacial score (nSPS) is 12.7. The molecule has 1 unspecified atom stereocenters. The standard InChI is InChI=1S/C20H40O5Si/c1-5-9-13-24-19(22)17-18(21)20(23)25-26(14-10-6-2,15-11-7-3)16-12-8-4/h18,21H,5-17H2,1-4H3. The molecular formula is C20H40O5Si. The van der Waals surface area contributed by atoms with Crippen LogP contribution < -0.4 is 0 Å². The zero-order valence-corrected chi connectivity index (χ0v) is 18.3. The molecule has 0 aromatic heterocycles. The van der Waals surface area contributed by atoms with E-state index in [9.17, 15) is 14.7 Å². The van der Waals surface area contributed by atoms with Crippen molar-refractivity contribution in [3.05, 3.63) is 0 Å². The lowest BCUT2D eigenvalue weighted by Crippen LogP contribution is -2.43. The first kappa shape index (κ1) is 25.1. The molecule has 1 N–H and O–H groups in total. The molecule has 0 saturated carbocycles. The molecule has 0 aromatic carbocycles. The molecule has 5 nitrogen and oxygen atoms in total. The maximum absolute atomic E-state index is 12.5. The largest absolute Gasteiger partial charge is 0.517 e. The Hall–Kier alpha value is -0.883. The van der Waals surface area contributed by atoms with Crippen LogP contribution in [0, 0.1) is 0 Å². The zero-order valence-electron chi connectivity index (χ0n) is 17.3. The van der Waals surface area contributed by atoms with E-state index in [1.807, 2.05) is 6.92 Å². The van der Waals surface area contributed by atoms with Crippen LogP contribution in [0.5, 0.6) is 0 Å². The van der Waals surface area contributed by atoms with Crippen molar-refractivity contribution in [1.29, 1.82) is 0 Å². The third kappa shape index (κ3) is 11.0. The quantitative estimate of drug-likeness (QED) is 0.230. The molecule has 0 spiro atoms.